The molecule has 12 heteroatoms. The van der Waals surface area contributed by atoms with Gasteiger partial charge in [0.2, 0.25) is 10.0 Å². The maximum Gasteiger partial charge on any atom is 0.271 e. The number of hydrogen-bond donors (Lipinski definition) is 4. The summed E-state index contributed by atoms with van der Waals surface area (Å²) in [5.41, 5.74) is 0.806. The molecule has 0 aliphatic rings. The summed E-state index contributed by atoms with van der Waals surface area (Å²) in [6, 6.07) is 2.67. The Hall–Kier alpha value is -2.12. The first-order chi connectivity index (χ1) is 13.7. The van der Waals surface area contributed by atoms with Crippen molar-refractivity contribution in [2.75, 3.05) is 24.7 Å². The summed E-state index contributed by atoms with van der Waals surface area (Å²) in [6.07, 6.45) is 2.24. The normalized spacial score (nSPS) is 14.8. The molecule has 0 aromatic carbocycles. The standard InChI is InChI=1S/C17H24N4O6S2/c1-27-8-5-14(22)15(23)12(9-11-3-6-18-7-4-11)19-16(24)13-10-28-17(20-13)21-29(2,25)26/h3-4,6-7,10,12,14-15,22-23H,5,8-9H2,1-2H3,(H,19,24)(H,20,21). The van der Waals surface area contributed by atoms with Gasteiger partial charge in [0.1, 0.15) is 11.8 Å². The van der Waals surface area contributed by atoms with E-state index < -0.39 is 34.2 Å². The second-order valence-electron chi connectivity index (χ2n) is 6.39. The Morgan fingerprint density at radius 2 is 2.00 bits per heavy atom. The van der Waals surface area contributed by atoms with Crippen LogP contribution in [0.2, 0.25) is 0 Å². The molecule has 29 heavy (non-hydrogen) atoms. The fourth-order valence-corrected chi connectivity index (χ4v) is 4.08. The Labute approximate surface area is 173 Å². The summed E-state index contributed by atoms with van der Waals surface area (Å²) < 4.78 is 29.7. The Morgan fingerprint density at radius 3 is 2.62 bits per heavy atom. The molecule has 0 saturated carbocycles. The molecule has 0 saturated heterocycles. The number of rotatable bonds is 11. The minimum absolute atomic E-state index is 0.000500. The number of aliphatic hydroxyl groups is 2. The van der Waals surface area contributed by atoms with Gasteiger partial charge in [0.05, 0.1) is 18.4 Å². The van der Waals surface area contributed by atoms with Crippen molar-refractivity contribution < 1.29 is 28.2 Å². The third-order valence-corrected chi connectivity index (χ3v) is 5.41. The highest BCUT2D eigenvalue weighted by Gasteiger charge is 2.29. The summed E-state index contributed by atoms with van der Waals surface area (Å²) in [4.78, 5) is 20.5. The number of thiazole rings is 1. The molecule has 3 atom stereocenters. The van der Waals surface area contributed by atoms with Gasteiger partial charge in [0.15, 0.2) is 5.13 Å². The number of anilines is 1. The summed E-state index contributed by atoms with van der Waals surface area (Å²) in [5, 5.41) is 24.9. The number of sulfonamides is 1. The van der Waals surface area contributed by atoms with Crippen LogP contribution in [-0.2, 0) is 21.2 Å². The summed E-state index contributed by atoms with van der Waals surface area (Å²) >= 11 is 0.963. The number of carbonyl (C=O) groups excluding carboxylic acids is 1. The summed E-state index contributed by atoms with van der Waals surface area (Å²) in [5.74, 6) is -0.597. The van der Waals surface area contributed by atoms with Crippen LogP contribution in [0.25, 0.3) is 0 Å². The molecular formula is C17H24N4O6S2. The summed E-state index contributed by atoms with van der Waals surface area (Å²) in [7, 11) is -2.03. The Bertz CT molecular complexity index is 890. The van der Waals surface area contributed by atoms with Crippen molar-refractivity contribution >= 4 is 32.4 Å². The lowest BCUT2D eigenvalue weighted by Gasteiger charge is -2.27. The third-order valence-electron chi connectivity index (χ3n) is 3.96. The van der Waals surface area contributed by atoms with Crippen LogP contribution in [-0.4, -0.2) is 72.7 Å². The minimum atomic E-state index is -3.51. The number of aliphatic hydroxyl groups excluding tert-OH is 2. The monoisotopic (exact) mass is 444 g/mol. The van der Waals surface area contributed by atoms with Gasteiger partial charge in [-0.1, -0.05) is 0 Å². The molecule has 0 spiro atoms. The van der Waals surface area contributed by atoms with Crippen molar-refractivity contribution in [1.29, 1.82) is 0 Å². The molecule has 0 fully saturated rings. The SMILES string of the molecule is COCCC(O)C(O)C(Cc1ccncc1)NC(=O)c1csc(NS(C)(=O)=O)n1. The van der Waals surface area contributed by atoms with Gasteiger partial charge < -0.3 is 20.3 Å². The zero-order chi connectivity index (χ0) is 21.4. The first-order valence-corrected chi connectivity index (χ1v) is 11.4. The van der Waals surface area contributed by atoms with Crippen molar-refractivity contribution in [1.82, 2.24) is 15.3 Å². The predicted octanol–water partition coefficient (Wildman–Crippen LogP) is 0.00900. The van der Waals surface area contributed by atoms with Crippen LogP contribution in [0.15, 0.2) is 29.9 Å². The van der Waals surface area contributed by atoms with Gasteiger partial charge in [0, 0.05) is 31.5 Å². The van der Waals surface area contributed by atoms with Crippen LogP contribution in [0.3, 0.4) is 0 Å². The van der Waals surface area contributed by atoms with Gasteiger partial charge >= 0.3 is 0 Å². The van der Waals surface area contributed by atoms with Crippen molar-refractivity contribution in [3.05, 3.63) is 41.2 Å². The second kappa shape index (κ2) is 10.6. The molecule has 10 nitrogen and oxygen atoms in total. The summed E-state index contributed by atoms with van der Waals surface area (Å²) in [6.45, 7) is 0.251. The third kappa shape index (κ3) is 7.66. The lowest BCUT2D eigenvalue weighted by molar-refractivity contribution is -0.0177. The number of carbonyl (C=O) groups is 1. The maximum atomic E-state index is 12.6. The zero-order valence-electron chi connectivity index (χ0n) is 16.0. The second-order valence-corrected chi connectivity index (χ2v) is 9.00. The number of nitrogens with one attached hydrogen (secondary N) is 2. The Kier molecular flexibility index (Phi) is 8.46. The van der Waals surface area contributed by atoms with E-state index in [-0.39, 0.29) is 30.3 Å². The first-order valence-electron chi connectivity index (χ1n) is 8.67. The number of hydrogen-bond acceptors (Lipinski definition) is 9. The van der Waals surface area contributed by atoms with E-state index in [4.69, 9.17) is 4.74 Å². The molecule has 2 heterocycles. The molecule has 0 radical (unpaired) electrons. The van der Waals surface area contributed by atoms with E-state index in [9.17, 15) is 23.4 Å². The van der Waals surface area contributed by atoms with Crippen LogP contribution < -0.4 is 10.0 Å². The number of nitrogens with zero attached hydrogens (tertiary/aromatic N) is 2. The molecule has 0 aliphatic carbocycles. The number of pyridine rings is 1. The number of amides is 1. The van der Waals surface area contributed by atoms with Crippen LogP contribution in [0.1, 0.15) is 22.5 Å². The highest BCUT2D eigenvalue weighted by Crippen LogP contribution is 2.17. The molecule has 0 bridgehead atoms. The van der Waals surface area contributed by atoms with Crippen molar-refractivity contribution in [3.8, 4) is 0 Å². The average Bonchev–Trinajstić information content (AvgIpc) is 3.12. The minimum Gasteiger partial charge on any atom is -0.390 e. The fraction of sp³-hybridized carbons (Fsp3) is 0.471. The molecule has 2 aromatic heterocycles. The average molecular weight is 445 g/mol. The van der Waals surface area contributed by atoms with Gasteiger partial charge in [-0.15, -0.1) is 11.3 Å². The zero-order valence-corrected chi connectivity index (χ0v) is 17.6. The number of ether oxygens (including phenoxy) is 1. The van der Waals surface area contributed by atoms with Crippen molar-refractivity contribution in [2.24, 2.45) is 0 Å². The van der Waals surface area contributed by atoms with E-state index >= 15 is 0 Å². The molecule has 2 aromatic rings. The lowest BCUT2D eigenvalue weighted by atomic mass is 9.96. The molecule has 2 rings (SSSR count). The van der Waals surface area contributed by atoms with Crippen LogP contribution in [0, 0.1) is 0 Å². The Morgan fingerprint density at radius 1 is 1.31 bits per heavy atom. The predicted molar refractivity (Wildman–Crippen MR) is 108 cm³/mol. The number of methoxy groups -OCH3 is 1. The van der Waals surface area contributed by atoms with E-state index in [1.807, 2.05) is 0 Å². The van der Waals surface area contributed by atoms with Gasteiger partial charge in [-0.3, -0.25) is 14.5 Å². The van der Waals surface area contributed by atoms with E-state index in [0.717, 1.165) is 23.2 Å². The molecule has 3 unspecified atom stereocenters. The molecule has 4 N–H and O–H groups in total. The van der Waals surface area contributed by atoms with E-state index in [2.05, 4.69) is 20.0 Å². The smallest absolute Gasteiger partial charge is 0.271 e. The van der Waals surface area contributed by atoms with E-state index in [1.165, 1.54) is 12.5 Å². The van der Waals surface area contributed by atoms with Crippen molar-refractivity contribution in [3.63, 3.8) is 0 Å². The van der Waals surface area contributed by atoms with Crippen LogP contribution >= 0.6 is 11.3 Å². The molecule has 1 amide bonds. The maximum absolute atomic E-state index is 12.6. The highest BCUT2D eigenvalue weighted by molar-refractivity contribution is 7.92. The Balaban J connectivity index is 2.14. The van der Waals surface area contributed by atoms with E-state index in [1.54, 1.807) is 24.5 Å². The topological polar surface area (TPSA) is 151 Å². The van der Waals surface area contributed by atoms with Gasteiger partial charge in [-0.05, 0) is 30.5 Å². The first kappa shape index (κ1) is 23.2. The lowest BCUT2D eigenvalue weighted by Crippen LogP contribution is -2.50. The highest BCUT2D eigenvalue weighted by atomic mass is 32.2. The van der Waals surface area contributed by atoms with Crippen molar-refractivity contribution in [2.45, 2.75) is 31.1 Å². The molecule has 0 aliphatic heterocycles. The molecule has 160 valence electrons. The number of aromatic nitrogens is 2. The van der Waals surface area contributed by atoms with Gasteiger partial charge in [-0.25, -0.2) is 13.4 Å². The quantitative estimate of drug-likeness (QED) is 0.378. The van der Waals surface area contributed by atoms with Gasteiger partial charge in [0.25, 0.3) is 5.91 Å². The van der Waals surface area contributed by atoms with Gasteiger partial charge in [-0.2, -0.15) is 0 Å². The van der Waals surface area contributed by atoms with E-state index in [0.29, 0.717) is 0 Å². The van der Waals surface area contributed by atoms with Crippen LogP contribution in [0.5, 0.6) is 0 Å². The fourth-order valence-electron chi connectivity index (χ4n) is 2.53. The molecular weight excluding hydrogens is 420 g/mol. The van der Waals surface area contributed by atoms with Crippen LogP contribution in [0.4, 0.5) is 5.13 Å². The largest absolute Gasteiger partial charge is 0.390 e.